The van der Waals surface area contributed by atoms with Gasteiger partial charge in [-0.2, -0.15) is 0 Å². The molecule has 1 heterocycles. The number of nitrogens with two attached hydrogens (primary N) is 2. The van der Waals surface area contributed by atoms with Crippen LogP contribution in [0.25, 0.3) is 0 Å². The molecule has 1 aliphatic heterocycles. The summed E-state index contributed by atoms with van der Waals surface area (Å²) in [5.41, 5.74) is 11.1. The quantitative estimate of drug-likeness (QED) is 0.0489. The lowest BCUT2D eigenvalue weighted by atomic mass is 10.0. The SMILES string of the molecule is C=C/C(=C\C=C/C)CC1NC(=O)C(CC(=O)O)NC(=O)CNC(=O)C(CCCN=C(N)N)NC(=O)CNC1=O.CC.CCCCNC(=O)CC. The molecule has 0 aliphatic carbocycles. The highest BCUT2D eigenvalue weighted by Crippen LogP contribution is 2.09. The van der Waals surface area contributed by atoms with E-state index in [0.29, 0.717) is 18.4 Å². The summed E-state index contributed by atoms with van der Waals surface area (Å²) in [6.07, 6.45) is 8.99. The summed E-state index contributed by atoms with van der Waals surface area (Å²) in [5, 5.41) is 24.0. The zero-order valence-corrected chi connectivity index (χ0v) is 29.9. The van der Waals surface area contributed by atoms with Crippen LogP contribution in [0.15, 0.2) is 41.4 Å². The second-order valence-corrected chi connectivity index (χ2v) is 10.5. The Morgan fingerprint density at radius 2 is 1.46 bits per heavy atom. The van der Waals surface area contributed by atoms with Gasteiger partial charge in [0.25, 0.3) is 0 Å². The fourth-order valence-corrected chi connectivity index (χ4v) is 3.91. The van der Waals surface area contributed by atoms with Gasteiger partial charge in [0.05, 0.1) is 19.5 Å². The Hall–Kier alpha value is -5.22. The van der Waals surface area contributed by atoms with Gasteiger partial charge in [-0.05, 0) is 31.8 Å². The Morgan fingerprint density at radius 3 is 1.96 bits per heavy atom. The number of amides is 6. The zero-order valence-electron chi connectivity index (χ0n) is 29.9. The van der Waals surface area contributed by atoms with Crippen LogP contribution in [0.4, 0.5) is 0 Å². The van der Waals surface area contributed by atoms with Gasteiger partial charge in [0, 0.05) is 25.9 Å². The van der Waals surface area contributed by atoms with Gasteiger partial charge in [-0.1, -0.05) is 65.0 Å². The number of carboxylic acid groups (broad SMARTS) is 1. The lowest BCUT2D eigenvalue weighted by Gasteiger charge is -2.22. The van der Waals surface area contributed by atoms with E-state index in [1.54, 1.807) is 25.2 Å². The van der Waals surface area contributed by atoms with Crippen LogP contribution in [0.1, 0.15) is 79.6 Å². The molecule has 1 rings (SSSR count). The summed E-state index contributed by atoms with van der Waals surface area (Å²) in [4.78, 5) is 89.3. The summed E-state index contributed by atoms with van der Waals surface area (Å²) in [5.74, 6) is -5.33. The molecule has 17 nitrogen and oxygen atoms in total. The second kappa shape index (κ2) is 28.8. The van der Waals surface area contributed by atoms with Crippen molar-refractivity contribution in [3.05, 3.63) is 36.5 Å². The molecule has 1 aliphatic rings. The molecule has 0 aromatic carbocycles. The monoisotopic (exact) mass is 707 g/mol. The molecule has 0 aromatic rings. The van der Waals surface area contributed by atoms with Gasteiger partial charge < -0.3 is 48.5 Å². The highest BCUT2D eigenvalue weighted by molar-refractivity contribution is 5.97. The van der Waals surface area contributed by atoms with Crippen molar-refractivity contribution in [2.24, 2.45) is 16.5 Å². The van der Waals surface area contributed by atoms with Crippen LogP contribution in [0, 0.1) is 0 Å². The van der Waals surface area contributed by atoms with Crippen LogP contribution in [-0.4, -0.2) is 96.8 Å². The highest BCUT2D eigenvalue weighted by Gasteiger charge is 2.30. The van der Waals surface area contributed by atoms with Crippen LogP contribution in [-0.2, 0) is 33.6 Å². The number of aliphatic carboxylic acids is 1. The lowest BCUT2D eigenvalue weighted by molar-refractivity contribution is -0.141. The number of hydrogen-bond acceptors (Lipinski definition) is 8. The standard InChI is InChI=1S/C24H36N8O7.C7H15NO.C2H6/c1-3-5-7-14(4-2)10-16-22(38)29-12-18(33)30-15(8-6-9-27-24(25)26)21(37)28-13-19(34)31-17(11-20(35)36)23(39)32-16;1-3-5-6-8-7(9)4-2;1-2/h3-5,7,15-17H,2,6,8-13H2,1H3,(H,28,37)(H,29,38)(H,30,33)(H,31,34)(H,32,39)(H,35,36)(H4,25,26,27);3-6H2,1-2H3,(H,8,9);1-2H3/b5-3-,14-7+;;. The third-order valence-corrected chi connectivity index (χ3v) is 6.49. The number of guanidine groups is 1. The van der Waals surface area contributed by atoms with E-state index in [1.165, 1.54) is 6.08 Å². The Balaban J connectivity index is 0. The van der Waals surface area contributed by atoms with Crippen molar-refractivity contribution in [3.63, 3.8) is 0 Å². The van der Waals surface area contributed by atoms with Gasteiger partial charge in [0.1, 0.15) is 18.1 Å². The smallest absolute Gasteiger partial charge is 0.305 e. The van der Waals surface area contributed by atoms with Crippen molar-refractivity contribution in [1.82, 2.24) is 31.9 Å². The highest BCUT2D eigenvalue weighted by atomic mass is 16.4. The van der Waals surface area contributed by atoms with E-state index in [9.17, 15) is 38.7 Å². The zero-order chi connectivity index (χ0) is 38.5. The van der Waals surface area contributed by atoms with Gasteiger partial charge in [-0.15, -0.1) is 0 Å². The molecule has 0 radical (unpaired) electrons. The molecule has 0 bridgehead atoms. The third kappa shape index (κ3) is 23.2. The number of carbonyl (C=O) groups is 7. The number of rotatable bonds is 14. The van der Waals surface area contributed by atoms with Gasteiger partial charge in [0.15, 0.2) is 5.96 Å². The first kappa shape index (κ1) is 46.9. The lowest BCUT2D eigenvalue weighted by Crippen LogP contribution is -2.55. The van der Waals surface area contributed by atoms with Crippen LogP contribution < -0.4 is 43.4 Å². The minimum absolute atomic E-state index is 0.0474. The first-order valence-electron chi connectivity index (χ1n) is 16.7. The summed E-state index contributed by atoms with van der Waals surface area (Å²) < 4.78 is 0. The fraction of sp³-hybridized carbons (Fsp3) is 0.576. The van der Waals surface area contributed by atoms with Crippen molar-refractivity contribution in [3.8, 4) is 0 Å². The maximum absolute atomic E-state index is 13.0. The molecular weight excluding hydrogens is 650 g/mol. The summed E-state index contributed by atoms with van der Waals surface area (Å²) >= 11 is 0. The molecule has 1 saturated heterocycles. The van der Waals surface area contributed by atoms with Crippen molar-refractivity contribution >= 4 is 47.4 Å². The average molecular weight is 708 g/mol. The largest absolute Gasteiger partial charge is 0.481 e. The number of allylic oxidation sites excluding steroid dienone is 4. The van der Waals surface area contributed by atoms with Crippen LogP contribution in [0.2, 0.25) is 0 Å². The average Bonchev–Trinajstić information content (AvgIpc) is 3.08. The van der Waals surface area contributed by atoms with Crippen molar-refractivity contribution in [1.29, 1.82) is 0 Å². The van der Waals surface area contributed by atoms with Gasteiger partial charge in [-0.3, -0.25) is 38.6 Å². The van der Waals surface area contributed by atoms with Crippen LogP contribution >= 0.6 is 0 Å². The molecule has 11 N–H and O–H groups in total. The molecule has 282 valence electrons. The predicted molar refractivity (Wildman–Crippen MR) is 191 cm³/mol. The van der Waals surface area contributed by atoms with E-state index in [2.05, 4.69) is 50.4 Å². The van der Waals surface area contributed by atoms with Crippen molar-refractivity contribution in [2.75, 3.05) is 26.2 Å². The van der Waals surface area contributed by atoms with Gasteiger partial charge in [-0.25, -0.2) is 0 Å². The molecule has 0 saturated carbocycles. The summed E-state index contributed by atoms with van der Waals surface area (Å²) in [6.45, 7) is 13.3. The van der Waals surface area contributed by atoms with E-state index in [-0.39, 0.29) is 31.3 Å². The first-order valence-corrected chi connectivity index (χ1v) is 16.7. The minimum Gasteiger partial charge on any atom is -0.481 e. The molecule has 3 unspecified atom stereocenters. The maximum atomic E-state index is 13.0. The molecule has 17 heteroatoms. The number of unbranched alkanes of at least 4 members (excludes halogenated alkanes) is 1. The Kier molecular flexibility index (Phi) is 27.0. The second-order valence-electron chi connectivity index (χ2n) is 10.5. The topological polar surface area (TPSA) is 276 Å². The maximum Gasteiger partial charge on any atom is 0.305 e. The molecule has 6 amide bonds. The van der Waals surface area contributed by atoms with Crippen molar-refractivity contribution < 1.29 is 38.7 Å². The third-order valence-electron chi connectivity index (χ3n) is 6.49. The number of carbonyl (C=O) groups excluding carboxylic acids is 6. The molecule has 0 aromatic heterocycles. The Bertz CT molecular complexity index is 1210. The van der Waals surface area contributed by atoms with Crippen LogP contribution in [0.3, 0.4) is 0 Å². The predicted octanol–water partition coefficient (Wildman–Crippen LogP) is -0.367. The Morgan fingerprint density at radius 1 is 0.900 bits per heavy atom. The summed E-state index contributed by atoms with van der Waals surface area (Å²) in [6, 6.07) is -3.88. The number of carboxylic acids is 1. The molecular formula is C33H57N9O8. The fourth-order valence-electron chi connectivity index (χ4n) is 3.91. The van der Waals surface area contributed by atoms with Crippen molar-refractivity contribution in [2.45, 2.75) is 97.7 Å². The molecule has 0 spiro atoms. The number of nitrogens with one attached hydrogen (secondary N) is 6. The summed E-state index contributed by atoms with van der Waals surface area (Å²) in [7, 11) is 0. The van der Waals surface area contributed by atoms with E-state index in [4.69, 9.17) is 11.5 Å². The molecule has 3 atom stereocenters. The Labute approximate surface area is 294 Å². The van der Waals surface area contributed by atoms with Crippen LogP contribution in [0.5, 0.6) is 0 Å². The number of nitrogens with zero attached hydrogens (tertiary/aromatic N) is 1. The number of aliphatic imine (C=N–C) groups is 1. The minimum atomic E-state index is -1.55. The first-order chi connectivity index (χ1) is 23.8. The van der Waals surface area contributed by atoms with E-state index < -0.39 is 73.1 Å². The molecule has 50 heavy (non-hydrogen) atoms. The van der Waals surface area contributed by atoms with Gasteiger partial charge >= 0.3 is 5.97 Å². The number of hydrogen-bond donors (Lipinski definition) is 9. The van der Waals surface area contributed by atoms with Gasteiger partial charge in [0.2, 0.25) is 35.4 Å². The van der Waals surface area contributed by atoms with E-state index in [0.717, 1.165) is 19.4 Å². The van der Waals surface area contributed by atoms with E-state index >= 15 is 0 Å². The molecule has 1 fully saturated rings. The normalized spacial score (nSPS) is 18.8. The van der Waals surface area contributed by atoms with E-state index in [1.807, 2.05) is 20.8 Å².